The molecule has 0 aliphatic rings. The van der Waals surface area contributed by atoms with Gasteiger partial charge in [-0.15, -0.1) is 0 Å². The smallest absolute Gasteiger partial charge is 0.175 e. The maximum absolute atomic E-state index is 11.8. The van der Waals surface area contributed by atoms with Crippen LogP contribution < -0.4 is 0 Å². The molecule has 3 rings (SSSR count). The fourth-order valence-electron chi connectivity index (χ4n) is 3.41. The number of hydrogen-bond acceptors (Lipinski definition) is 5. The molecule has 2 heterocycles. The zero-order valence-electron chi connectivity index (χ0n) is 16.4. The largest absolute Gasteiger partial charge is 0.383 e. The molecule has 2 aromatic heterocycles. The van der Waals surface area contributed by atoms with Gasteiger partial charge in [0.15, 0.2) is 9.84 Å². The number of pyridine rings is 1. The van der Waals surface area contributed by atoms with Gasteiger partial charge in [0, 0.05) is 31.5 Å². The van der Waals surface area contributed by atoms with Gasteiger partial charge in [-0.1, -0.05) is 25.4 Å². The van der Waals surface area contributed by atoms with Crippen LogP contribution in [-0.4, -0.2) is 42.9 Å². The molecule has 0 amide bonds. The molecule has 1 atom stereocenters. The molecule has 8 heteroatoms. The number of benzene rings is 1. The highest BCUT2D eigenvalue weighted by Gasteiger charge is 2.21. The van der Waals surface area contributed by atoms with Crippen LogP contribution in [0.3, 0.4) is 0 Å². The second-order valence-electron chi connectivity index (χ2n) is 6.71. The molecule has 150 valence electrons. The lowest BCUT2D eigenvalue weighted by Gasteiger charge is -2.19. The van der Waals surface area contributed by atoms with Crippen molar-refractivity contribution < 1.29 is 13.2 Å². The lowest BCUT2D eigenvalue weighted by molar-refractivity contribution is 0.153. The Balaban J connectivity index is 2.23. The number of ether oxygens (including phenoxy) is 1. The normalized spacial score (nSPS) is 13.2. The zero-order valence-corrected chi connectivity index (χ0v) is 18.0. The molecule has 0 saturated carbocycles. The van der Waals surface area contributed by atoms with Crippen molar-refractivity contribution in [1.82, 2.24) is 14.5 Å². The fourth-order valence-corrected chi connectivity index (χ4v) is 4.39. The molecule has 0 bridgehead atoms. The molecule has 1 unspecified atom stereocenters. The molecule has 1 aromatic carbocycles. The van der Waals surface area contributed by atoms with E-state index < -0.39 is 9.84 Å². The minimum absolute atomic E-state index is 0.170. The molecule has 0 spiro atoms. The van der Waals surface area contributed by atoms with Crippen molar-refractivity contribution in [1.29, 1.82) is 0 Å². The van der Waals surface area contributed by atoms with E-state index in [-0.39, 0.29) is 10.9 Å². The van der Waals surface area contributed by atoms with Crippen LogP contribution in [0.1, 0.15) is 32.1 Å². The topological polar surface area (TPSA) is 74.1 Å². The van der Waals surface area contributed by atoms with Crippen LogP contribution in [0.4, 0.5) is 0 Å². The molecule has 0 fully saturated rings. The quantitative estimate of drug-likeness (QED) is 0.568. The molecular formula is C20H24ClN3O3S. The molecule has 3 aromatic rings. The molecule has 0 aliphatic heterocycles. The lowest BCUT2D eigenvalue weighted by Crippen LogP contribution is -2.16. The van der Waals surface area contributed by atoms with Crippen molar-refractivity contribution in [3.8, 4) is 11.3 Å². The van der Waals surface area contributed by atoms with Gasteiger partial charge < -0.3 is 9.30 Å². The molecular weight excluding hydrogens is 398 g/mol. The summed E-state index contributed by atoms with van der Waals surface area (Å²) in [7, 11) is -1.63. The first kappa shape index (κ1) is 20.8. The molecule has 0 saturated heterocycles. The fraction of sp³-hybridized carbons (Fsp3) is 0.400. The van der Waals surface area contributed by atoms with E-state index >= 15 is 0 Å². The average molecular weight is 422 g/mol. The molecule has 6 nitrogen and oxygen atoms in total. The van der Waals surface area contributed by atoms with E-state index in [1.54, 1.807) is 25.4 Å². The number of aryl methyl sites for hydroxylation is 1. The summed E-state index contributed by atoms with van der Waals surface area (Å²) < 4.78 is 31.2. The summed E-state index contributed by atoms with van der Waals surface area (Å²) >= 11 is 6.43. The number of fused-ring (bicyclic) bond motifs is 1. The van der Waals surface area contributed by atoms with E-state index in [2.05, 4.69) is 23.4 Å². The number of hydrogen-bond donors (Lipinski definition) is 0. The van der Waals surface area contributed by atoms with E-state index in [0.29, 0.717) is 22.9 Å². The minimum Gasteiger partial charge on any atom is -0.383 e. The number of sulfone groups is 1. The van der Waals surface area contributed by atoms with Gasteiger partial charge in [-0.05, 0) is 30.7 Å². The minimum atomic E-state index is -3.33. The summed E-state index contributed by atoms with van der Waals surface area (Å²) in [6, 6.07) is 6.82. The Hall–Kier alpha value is -1.96. The Morgan fingerprint density at radius 3 is 2.57 bits per heavy atom. The van der Waals surface area contributed by atoms with Crippen molar-refractivity contribution in [3.05, 3.63) is 41.3 Å². The molecule has 28 heavy (non-hydrogen) atoms. The number of imidazole rings is 1. The first-order valence-electron chi connectivity index (χ1n) is 9.16. The summed E-state index contributed by atoms with van der Waals surface area (Å²) in [6.07, 6.45) is 4.58. The van der Waals surface area contributed by atoms with E-state index in [1.165, 1.54) is 6.07 Å². The Morgan fingerprint density at radius 2 is 2.00 bits per heavy atom. The zero-order chi connectivity index (χ0) is 20.5. The number of halogens is 1. The van der Waals surface area contributed by atoms with Crippen molar-refractivity contribution in [2.45, 2.75) is 37.6 Å². The van der Waals surface area contributed by atoms with Crippen molar-refractivity contribution in [3.63, 3.8) is 0 Å². The number of nitrogens with zero attached hydrogens (tertiary/aromatic N) is 3. The highest BCUT2D eigenvalue weighted by molar-refractivity contribution is 7.90. The predicted molar refractivity (Wildman–Crippen MR) is 112 cm³/mol. The van der Waals surface area contributed by atoms with Crippen LogP contribution >= 0.6 is 11.6 Å². The first-order valence-corrected chi connectivity index (χ1v) is 11.4. The van der Waals surface area contributed by atoms with E-state index in [0.717, 1.165) is 36.0 Å². The lowest BCUT2D eigenvalue weighted by atomic mass is 10.1. The standard InChI is InChI=1S/C20H24ClN3O3S/c1-5-13(12-27-3)24-17-9-10-22-19(20(17)23-18(24)6-2)15-8-7-14(11-16(15)21)28(4,25)26/h7-11,13H,5-6,12H2,1-4H3. The van der Waals surface area contributed by atoms with Gasteiger partial charge in [0.2, 0.25) is 0 Å². The van der Waals surface area contributed by atoms with Crippen LogP contribution in [0.5, 0.6) is 0 Å². The monoisotopic (exact) mass is 421 g/mol. The summed E-state index contributed by atoms with van der Waals surface area (Å²) in [4.78, 5) is 9.53. The van der Waals surface area contributed by atoms with Crippen molar-refractivity contribution in [2.75, 3.05) is 20.0 Å². The summed E-state index contributed by atoms with van der Waals surface area (Å²) in [6.45, 7) is 4.78. The van der Waals surface area contributed by atoms with Crippen LogP contribution in [0.25, 0.3) is 22.3 Å². The maximum atomic E-state index is 11.8. The van der Waals surface area contributed by atoms with Gasteiger partial charge in [-0.3, -0.25) is 4.98 Å². The highest BCUT2D eigenvalue weighted by atomic mass is 35.5. The summed E-state index contributed by atoms with van der Waals surface area (Å²) in [5.74, 6) is 0.956. The number of methoxy groups -OCH3 is 1. The van der Waals surface area contributed by atoms with Gasteiger partial charge in [0.05, 0.1) is 33.8 Å². The van der Waals surface area contributed by atoms with Crippen LogP contribution in [0.15, 0.2) is 35.4 Å². The van der Waals surface area contributed by atoms with Gasteiger partial charge in [-0.25, -0.2) is 13.4 Å². The van der Waals surface area contributed by atoms with E-state index in [1.807, 2.05) is 6.07 Å². The van der Waals surface area contributed by atoms with E-state index in [9.17, 15) is 8.42 Å². The highest BCUT2D eigenvalue weighted by Crippen LogP contribution is 2.34. The average Bonchev–Trinajstić information content (AvgIpc) is 3.04. The molecule has 0 radical (unpaired) electrons. The molecule has 0 aliphatic carbocycles. The summed E-state index contributed by atoms with van der Waals surface area (Å²) in [5.41, 5.74) is 3.02. The van der Waals surface area contributed by atoms with Gasteiger partial charge in [0.25, 0.3) is 0 Å². The third-order valence-corrected chi connectivity index (χ3v) is 6.24. The van der Waals surface area contributed by atoms with Crippen molar-refractivity contribution >= 4 is 32.5 Å². The third-order valence-electron chi connectivity index (χ3n) is 4.82. The van der Waals surface area contributed by atoms with E-state index in [4.69, 9.17) is 21.3 Å². The Labute approximate surface area is 170 Å². The maximum Gasteiger partial charge on any atom is 0.175 e. The van der Waals surface area contributed by atoms with Gasteiger partial charge >= 0.3 is 0 Å². The third kappa shape index (κ3) is 3.79. The number of rotatable bonds is 7. The Kier molecular flexibility index (Phi) is 6.07. The van der Waals surface area contributed by atoms with Gasteiger partial charge in [0.1, 0.15) is 11.3 Å². The molecule has 0 N–H and O–H groups in total. The number of aromatic nitrogens is 3. The van der Waals surface area contributed by atoms with Crippen LogP contribution in [0, 0.1) is 0 Å². The van der Waals surface area contributed by atoms with Gasteiger partial charge in [-0.2, -0.15) is 0 Å². The summed E-state index contributed by atoms with van der Waals surface area (Å²) in [5, 5.41) is 0.333. The second-order valence-corrected chi connectivity index (χ2v) is 9.13. The Morgan fingerprint density at radius 1 is 1.25 bits per heavy atom. The predicted octanol–water partition coefficient (Wildman–Crippen LogP) is 4.32. The first-order chi connectivity index (χ1) is 13.3. The Bertz CT molecular complexity index is 1110. The second kappa shape index (κ2) is 8.19. The SMILES string of the molecule is CCc1nc2c(-c3ccc(S(C)(=O)=O)cc3Cl)nccc2n1C(CC)COC. The van der Waals surface area contributed by atoms with Crippen LogP contribution in [-0.2, 0) is 21.0 Å². The van der Waals surface area contributed by atoms with Crippen molar-refractivity contribution in [2.24, 2.45) is 0 Å². The van der Waals surface area contributed by atoms with Crippen LogP contribution in [0.2, 0.25) is 5.02 Å².